The van der Waals surface area contributed by atoms with Gasteiger partial charge < -0.3 is 15.6 Å². The van der Waals surface area contributed by atoms with Crippen LogP contribution in [0.5, 0.6) is 0 Å². The molecule has 0 atom stereocenters. The molecule has 0 bridgehead atoms. The Kier molecular flexibility index (Phi) is 5.91. The standard InChI is InChI=1S/C21H24N4O2S2/c1-28-12-17-23-14-8-5-6-9-15(14)25(17)11-18(26)24-21-19(20(22)27)13-7-3-2-4-10-16(13)29-21/h5-6,8-9H,2-4,7,10-12H2,1H3,(H2,22,27)(H,24,26). The summed E-state index contributed by atoms with van der Waals surface area (Å²) in [6.45, 7) is 0.150. The number of anilines is 1. The maximum absolute atomic E-state index is 12.9. The number of nitrogens with one attached hydrogen (secondary N) is 1. The normalized spacial score (nSPS) is 13.8. The molecule has 0 fully saturated rings. The number of hydrogen-bond acceptors (Lipinski definition) is 5. The van der Waals surface area contributed by atoms with E-state index in [0.29, 0.717) is 10.6 Å². The van der Waals surface area contributed by atoms with Crippen LogP contribution in [0, 0.1) is 0 Å². The van der Waals surface area contributed by atoms with Gasteiger partial charge in [0.05, 0.1) is 22.3 Å². The van der Waals surface area contributed by atoms with Crippen molar-refractivity contribution >= 4 is 50.9 Å². The smallest absolute Gasteiger partial charge is 0.251 e. The number of nitrogens with two attached hydrogens (primary N) is 1. The monoisotopic (exact) mass is 428 g/mol. The van der Waals surface area contributed by atoms with Crippen LogP contribution in [0.3, 0.4) is 0 Å². The van der Waals surface area contributed by atoms with Crippen LogP contribution in [0.15, 0.2) is 24.3 Å². The Bertz CT molecular complexity index is 1070. The Hall–Kier alpha value is -2.32. The molecule has 6 nitrogen and oxygen atoms in total. The van der Waals surface area contributed by atoms with E-state index in [-0.39, 0.29) is 12.5 Å². The van der Waals surface area contributed by atoms with Gasteiger partial charge >= 0.3 is 0 Å². The molecular weight excluding hydrogens is 404 g/mol. The minimum Gasteiger partial charge on any atom is -0.365 e. The second-order valence-electron chi connectivity index (χ2n) is 7.22. The molecule has 29 heavy (non-hydrogen) atoms. The predicted octanol–water partition coefficient (Wildman–Crippen LogP) is 3.97. The highest BCUT2D eigenvalue weighted by atomic mass is 32.2. The zero-order valence-electron chi connectivity index (χ0n) is 16.4. The maximum atomic E-state index is 12.9. The van der Waals surface area contributed by atoms with E-state index in [1.165, 1.54) is 16.2 Å². The van der Waals surface area contributed by atoms with Gasteiger partial charge in [0.2, 0.25) is 5.91 Å². The summed E-state index contributed by atoms with van der Waals surface area (Å²) in [5.74, 6) is 0.957. The number of imidazole rings is 1. The molecule has 1 aromatic carbocycles. The van der Waals surface area contributed by atoms with Gasteiger partial charge in [0.15, 0.2) is 0 Å². The van der Waals surface area contributed by atoms with Crippen molar-refractivity contribution in [1.29, 1.82) is 0 Å². The van der Waals surface area contributed by atoms with Gasteiger partial charge in [0.1, 0.15) is 17.4 Å². The lowest BCUT2D eigenvalue weighted by atomic mass is 10.1. The van der Waals surface area contributed by atoms with Gasteiger partial charge in [-0.3, -0.25) is 9.59 Å². The highest BCUT2D eigenvalue weighted by molar-refractivity contribution is 7.97. The summed E-state index contributed by atoms with van der Waals surface area (Å²) in [7, 11) is 0. The van der Waals surface area contributed by atoms with Gasteiger partial charge in [-0.05, 0) is 49.6 Å². The number of para-hydroxylation sites is 2. The van der Waals surface area contributed by atoms with Crippen molar-refractivity contribution in [2.24, 2.45) is 5.73 Å². The van der Waals surface area contributed by atoms with Crippen LogP contribution in [0.4, 0.5) is 5.00 Å². The number of primary amides is 1. The number of benzene rings is 1. The van der Waals surface area contributed by atoms with Crippen molar-refractivity contribution in [3.8, 4) is 0 Å². The van der Waals surface area contributed by atoms with E-state index in [0.717, 1.165) is 60.3 Å². The van der Waals surface area contributed by atoms with Crippen LogP contribution >= 0.6 is 23.1 Å². The third kappa shape index (κ3) is 4.04. The minimum atomic E-state index is -0.462. The van der Waals surface area contributed by atoms with Crippen molar-refractivity contribution in [3.05, 3.63) is 46.1 Å². The Morgan fingerprint density at radius 1 is 1.24 bits per heavy atom. The summed E-state index contributed by atoms with van der Waals surface area (Å²) < 4.78 is 1.95. The Morgan fingerprint density at radius 3 is 2.83 bits per heavy atom. The van der Waals surface area contributed by atoms with Crippen LogP contribution in [0.1, 0.15) is 45.9 Å². The van der Waals surface area contributed by atoms with Gasteiger partial charge in [-0.1, -0.05) is 18.6 Å². The predicted molar refractivity (Wildman–Crippen MR) is 120 cm³/mol. The highest BCUT2D eigenvalue weighted by Crippen LogP contribution is 2.37. The molecule has 0 spiro atoms. The Labute approximate surface area is 177 Å². The average Bonchev–Trinajstić information content (AvgIpc) is 3.11. The number of hydrogen-bond donors (Lipinski definition) is 2. The average molecular weight is 429 g/mol. The summed E-state index contributed by atoms with van der Waals surface area (Å²) in [6, 6.07) is 7.82. The molecule has 3 N–H and O–H groups in total. The number of rotatable bonds is 6. The third-order valence-electron chi connectivity index (χ3n) is 5.23. The number of nitrogens with zero attached hydrogens (tertiary/aromatic N) is 2. The minimum absolute atomic E-state index is 0.150. The van der Waals surface area contributed by atoms with Crippen LogP contribution < -0.4 is 11.1 Å². The molecule has 0 saturated heterocycles. The second kappa shape index (κ2) is 8.59. The van der Waals surface area contributed by atoms with Crippen LogP contribution in [-0.2, 0) is 29.9 Å². The molecule has 2 amide bonds. The van der Waals surface area contributed by atoms with E-state index in [4.69, 9.17) is 5.73 Å². The topological polar surface area (TPSA) is 90.0 Å². The summed E-state index contributed by atoms with van der Waals surface area (Å²) in [5.41, 5.74) is 9.03. The van der Waals surface area contributed by atoms with Crippen molar-refractivity contribution in [2.75, 3.05) is 11.6 Å². The number of fused-ring (bicyclic) bond motifs is 2. The maximum Gasteiger partial charge on any atom is 0.251 e. The van der Waals surface area contributed by atoms with Crippen LogP contribution in [-0.4, -0.2) is 27.6 Å². The second-order valence-corrected chi connectivity index (χ2v) is 9.19. The molecule has 0 unspecified atom stereocenters. The van der Waals surface area contributed by atoms with E-state index in [9.17, 15) is 9.59 Å². The SMILES string of the molecule is CSCc1nc2ccccc2n1CC(=O)Nc1sc2c(c1C(N)=O)CCCCC2. The van der Waals surface area contributed by atoms with Gasteiger partial charge in [0, 0.05) is 4.88 Å². The molecule has 8 heteroatoms. The lowest BCUT2D eigenvalue weighted by Gasteiger charge is -2.10. The number of thiophene rings is 1. The first-order valence-electron chi connectivity index (χ1n) is 9.75. The van der Waals surface area contributed by atoms with Crippen molar-refractivity contribution in [1.82, 2.24) is 9.55 Å². The van der Waals surface area contributed by atoms with E-state index in [1.807, 2.05) is 35.1 Å². The third-order valence-corrected chi connectivity index (χ3v) is 6.98. The molecule has 1 aliphatic carbocycles. The first kappa shape index (κ1) is 20.0. The zero-order valence-corrected chi connectivity index (χ0v) is 18.0. The van der Waals surface area contributed by atoms with E-state index in [1.54, 1.807) is 11.8 Å². The van der Waals surface area contributed by atoms with Crippen LogP contribution in [0.25, 0.3) is 11.0 Å². The summed E-state index contributed by atoms with van der Waals surface area (Å²) in [6.07, 6.45) is 7.13. The van der Waals surface area contributed by atoms with Gasteiger partial charge in [0.25, 0.3) is 5.91 Å². The number of amides is 2. The van der Waals surface area contributed by atoms with Gasteiger partial charge in [-0.2, -0.15) is 11.8 Å². The summed E-state index contributed by atoms with van der Waals surface area (Å²) in [4.78, 5) is 30.9. The molecule has 1 aliphatic rings. The number of aryl methyl sites for hydroxylation is 1. The van der Waals surface area contributed by atoms with Gasteiger partial charge in [-0.25, -0.2) is 4.98 Å². The first-order valence-corrected chi connectivity index (χ1v) is 12.0. The molecule has 4 rings (SSSR count). The van der Waals surface area contributed by atoms with Gasteiger partial charge in [-0.15, -0.1) is 11.3 Å². The number of aromatic nitrogens is 2. The molecule has 0 radical (unpaired) electrons. The zero-order chi connectivity index (χ0) is 20.4. The molecule has 152 valence electrons. The fraction of sp³-hybridized carbons (Fsp3) is 0.381. The van der Waals surface area contributed by atoms with E-state index in [2.05, 4.69) is 10.3 Å². The van der Waals surface area contributed by atoms with E-state index < -0.39 is 5.91 Å². The molecular formula is C21H24N4O2S2. The number of thioether (sulfide) groups is 1. The largest absolute Gasteiger partial charge is 0.365 e. The highest BCUT2D eigenvalue weighted by Gasteiger charge is 2.24. The molecule has 2 heterocycles. The molecule has 3 aromatic rings. The fourth-order valence-corrected chi connectivity index (χ4v) is 5.73. The number of carbonyl (C=O) groups is 2. The molecule has 2 aromatic heterocycles. The number of carbonyl (C=O) groups excluding carboxylic acids is 2. The molecule has 0 saturated carbocycles. The quantitative estimate of drug-likeness (QED) is 0.582. The Balaban J connectivity index is 1.62. The fourth-order valence-electron chi connectivity index (χ4n) is 3.94. The van der Waals surface area contributed by atoms with Crippen LogP contribution in [0.2, 0.25) is 0 Å². The molecule has 0 aliphatic heterocycles. The summed E-state index contributed by atoms with van der Waals surface area (Å²) >= 11 is 3.17. The Morgan fingerprint density at radius 2 is 2.03 bits per heavy atom. The van der Waals surface area contributed by atoms with Crippen molar-refractivity contribution in [2.45, 2.75) is 44.4 Å². The van der Waals surface area contributed by atoms with E-state index >= 15 is 0 Å². The van der Waals surface area contributed by atoms with Crippen molar-refractivity contribution < 1.29 is 9.59 Å². The lowest BCUT2D eigenvalue weighted by molar-refractivity contribution is -0.116. The first-order chi connectivity index (χ1) is 14.1. The lowest BCUT2D eigenvalue weighted by Crippen LogP contribution is -2.22. The van der Waals surface area contributed by atoms with Crippen molar-refractivity contribution in [3.63, 3.8) is 0 Å². The summed E-state index contributed by atoms with van der Waals surface area (Å²) in [5, 5.41) is 3.55.